The lowest BCUT2D eigenvalue weighted by Gasteiger charge is -2.06. The Labute approximate surface area is 110 Å². The first kappa shape index (κ1) is 14.7. The number of rotatable bonds is 9. The number of carbonyl (C=O) groups excluding carboxylic acids is 1. The average Bonchev–Trinajstić information content (AvgIpc) is 2.39. The van der Waals surface area contributed by atoms with Crippen molar-refractivity contribution in [3.05, 3.63) is 48.0 Å². The number of Topliss-reactive ketones (excluding diaryl/α,β-unsaturated/α-hetero) is 1. The van der Waals surface area contributed by atoms with Crippen molar-refractivity contribution in [1.82, 2.24) is 0 Å². The smallest absolute Gasteiger partial charge is 0.137 e. The fourth-order valence-corrected chi connectivity index (χ4v) is 2.02. The minimum Gasteiger partial charge on any atom is -0.326 e. The van der Waals surface area contributed by atoms with Gasteiger partial charge in [0.05, 0.1) is 0 Å². The van der Waals surface area contributed by atoms with Gasteiger partial charge in [0.1, 0.15) is 5.78 Å². The molecule has 98 valence electrons. The van der Waals surface area contributed by atoms with Crippen LogP contribution in [0.5, 0.6) is 0 Å². The van der Waals surface area contributed by atoms with E-state index in [0.717, 1.165) is 36.8 Å². The van der Waals surface area contributed by atoms with E-state index < -0.39 is 0 Å². The number of allylic oxidation sites excluding steroid dienone is 1. The topological polar surface area (TPSA) is 43.1 Å². The molecule has 0 radical (unpaired) electrons. The molecular formula is C16H23NO. The second kappa shape index (κ2) is 8.65. The number of hydrogen-bond donors (Lipinski definition) is 1. The minimum absolute atomic E-state index is 0.314. The monoisotopic (exact) mass is 245 g/mol. The van der Waals surface area contributed by atoms with E-state index in [9.17, 15) is 4.79 Å². The number of benzene rings is 1. The molecule has 0 aliphatic rings. The van der Waals surface area contributed by atoms with Crippen LogP contribution in [0.2, 0.25) is 0 Å². The second-order valence-electron chi connectivity index (χ2n) is 4.58. The Bertz CT molecular complexity index is 384. The Morgan fingerprint density at radius 2 is 1.89 bits per heavy atom. The van der Waals surface area contributed by atoms with Crippen LogP contribution in [0.25, 0.3) is 0 Å². The third-order valence-electron chi connectivity index (χ3n) is 3.09. The summed E-state index contributed by atoms with van der Waals surface area (Å²) >= 11 is 0. The molecule has 1 aromatic rings. The molecule has 1 rings (SSSR count). The Morgan fingerprint density at radius 1 is 1.17 bits per heavy atom. The molecular weight excluding hydrogens is 222 g/mol. The standard InChI is InChI=1S/C16H23NO/c1-2-3-4-5-6-11-16(18)12-14-9-7-8-10-15(14)13-17/h2,7-10H,1,3-6,11-13,17H2. The van der Waals surface area contributed by atoms with Crippen LogP contribution in [0, 0.1) is 0 Å². The molecule has 0 unspecified atom stereocenters. The molecule has 0 saturated carbocycles. The number of hydrogen-bond acceptors (Lipinski definition) is 2. The first-order valence-corrected chi connectivity index (χ1v) is 6.67. The van der Waals surface area contributed by atoms with Crippen molar-refractivity contribution in [2.75, 3.05) is 0 Å². The second-order valence-corrected chi connectivity index (χ2v) is 4.58. The predicted octanol–water partition coefficient (Wildman–Crippen LogP) is 3.39. The molecule has 0 aromatic heterocycles. The minimum atomic E-state index is 0.314. The SMILES string of the molecule is C=CCCCCCC(=O)Cc1ccccc1CN. The maximum Gasteiger partial charge on any atom is 0.137 e. The highest BCUT2D eigenvalue weighted by Crippen LogP contribution is 2.11. The number of nitrogens with two attached hydrogens (primary N) is 1. The van der Waals surface area contributed by atoms with E-state index in [1.54, 1.807) is 0 Å². The molecule has 2 heteroatoms. The summed E-state index contributed by atoms with van der Waals surface area (Å²) < 4.78 is 0. The fourth-order valence-electron chi connectivity index (χ4n) is 2.02. The third kappa shape index (κ3) is 5.28. The summed E-state index contributed by atoms with van der Waals surface area (Å²) in [6, 6.07) is 7.92. The lowest BCUT2D eigenvalue weighted by molar-refractivity contribution is -0.118. The van der Waals surface area contributed by atoms with Gasteiger partial charge in [0, 0.05) is 19.4 Å². The van der Waals surface area contributed by atoms with Crippen LogP contribution < -0.4 is 5.73 Å². The maximum atomic E-state index is 11.9. The van der Waals surface area contributed by atoms with Gasteiger partial charge in [0.2, 0.25) is 0 Å². The zero-order valence-corrected chi connectivity index (χ0v) is 11.0. The summed E-state index contributed by atoms with van der Waals surface area (Å²) in [7, 11) is 0. The molecule has 0 spiro atoms. The molecule has 18 heavy (non-hydrogen) atoms. The van der Waals surface area contributed by atoms with Gasteiger partial charge in [-0.15, -0.1) is 6.58 Å². The van der Waals surface area contributed by atoms with Crippen molar-refractivity contribution in [2.24, 2.45) is 5.73 Å². The quantitative estimate of drug-likeness (QED) is 0.535. The van der Waals surface area contributed by atoms with Gasteiger partial charge in [-0.3, -0.25) is 4.79 Å². The molecule has 0 aliphatic heterocycles. The van der Waals surface area contributed by atoms with Crippen LogP contribution in [0.3, 0.4) is 0 Å². The largest absolute Gasteiger partial charge is 0.326 e. The average molecular weight is 245 g/mol. The van der Waals surface area contributed by atoms with Crippen LogP contribution in [0.4, 0.5) is 0 Å². The molecule has 0 bridgehead atoms. The Hall–Kier alpha value is -1.41. The first-order chi connectivity index (χ1) is 8.77. The molecule has 0 heterocycles. The number of ketones is 1. The molecule has 0 saturated heterocycles. The maximum absolute atomic E-state index is 11.9. The van der Waals surface area contributed by atoms with Gasteiger partial charge in [0.25, 0.3) is 0 Å². The third-order valence-corrected chi connectivity index (χ3v) is 3.09. The normalized spacial score (nSPS) is 10.3. The lowest BCUT2D eigenvalue weighted by Crippen LogP contribution is -2.07. The Kier molecular flexibility index (Phi) is 7.04. The molecule has 0 atom stereocenters. The van der Waals surface area contributed by atoms with E-state index in [-0.39, 0.29) is 0 Å². The van der Waals surface area contributed by atoms with Crippen molar-refractivity contribution in [2.45, 2.75) is 45.1 Å². The molecule has 0 aliphatic carbocycles. The first-order valence-electron chi connectivity index (χ1n) is 6.67. The van der Waals surface area contributed by atoms with Gasteiger partial charge in [-0.1, -0.05) is 36.8 Å². The number of carbonyl (C=O) groups is 1. The lowest BCUT2D eigenvalue weighted by atomic mass is 9.99. The molecule has 0 fully saturated rings. The van der Waals surface area contributed by atoms with Gasteiger partial charge >= 0.3 is 0 Å². The van der Waals surface area contributed by atoms with Crippen molar-refractivity contribution in [1.29, 1.82) is 0 Å². The van der Waals surface area contributed by atoms with Crippen molar-refractivity contribution >= 4 is 5.78 Å². The summed E-state index contributed by atoms with van der Waals surface area (Å²) in [6.07, 6.45) is 7.40. The summed E-state index contributed by atoms with van der Waals surface area (Å²) in [5.41, 5.74) is 7.82. The van der Waals surface area contributed by atoms with Crippen LogP contribution in [0.1, 0.15) is 43.2 Å². The van der Waals surface area contributed by atoms with Crippen molar-refractivity contribution in [3.63, 3.8) is 0 Å². The van der Waals surface area contributed by atoms with Crippen molar-refractivity contribution in [3.8, 4) is 0 Å². The number of unbranched alkanes of at least 4 members (excludes halogenated alkanes) is 3. The van der Waals surface area contributed by atoms with E-state index in [1.807, 2.05) is 30.3 Å². The van der Waals surface area contributed by atoms with E-state index in [4.69, 9.17) is 5.73 Å². The van der Waals surface area contributed by atoms with Gasteiger partial charge in [-0.25, -0.2) is 0 Å². The van der Waals surface area contributed by atoms with Gasteiger partial charge in [-0.05, 0) is 30.4 Å². The molecule has 1 aromatic carbocycles. The Balaban J connectivity index is 2.33. The van der Waals surface area contributed by atoms with Crippen LogP contribution in [-0.4, -0.2) is 5.78 Å². The van der Waals surface area contributed by atoms with Crippen LogP contribution in [0.15, 0.2) is 36.9 Å². The van der Waals surface area contributed by atoms with E-state index in [2.05, 4.69) is 6.58 Å². The van der Waals surface area contributed by atoms with E-state index in [0.29, 0.717) is 25.2 Å². The highest BCUT2D eigenvalue weighted by Gasteiger charge is 2.06. The summed E-state index contributed by atoms with van der Waals surface area (Å²) in [4.78, 5) is 11.9. The highest BCUT2D eigenvalue weighted by atomic mass is 16.1. The van der Waals surface area contributed by atoms with Crippen LogP contribution >= 0.6 is 0 Å². The molecule has 0 amide bonds. The van der Waals surface area contributed by atoms with E-state index >= 15 is 0 Å². The van der Waals surface area contributed by atoms with Crippen molar-refractivity contribution < 1.29 is 4.79 Å². The highest BCUT2D eigenvalue weighted by molar-refractivity contribution is 5.81. The van der Waals surface area contributed by atoms with E-state index in [1.165, 1.54) is 0 Å². The Morgan fingerprint density at radius 3 is 2.56 bits per heavy atom. The van der Waals surface area contributed by atoms with Gasteiger partial charge < -0.3 is 5.73 Å². The summed E-state index contributed by atoms with van der Waals surface area (Å²) in [5, 5.41) is 0. The summed E-state index contributed by atoms with van der Waals surface area (Å²) in [5.74, 6) is 0.314. The van der Waals surface area contributed by atoms with Crippen LogP contribution in [-0.2, 0) is 17.8 Å². The van der Waals surface area contributed by atoms with Gasteiger partial charge in [0.15, 0.2) is 0 Å². The molecule has 2 nitrogen and oxygen atoms in total. The summed E-state index contributed by atoms with van der Waals surface area (Å²) in [6.45, 7) is 4.19. The molecule has 2 N–H and O–H groups in total. The zero-order valence-electron chi connectivity index (χ0n) is 11.0. The predicted molar refractivity (Wildman–Crippen MR) is 76.3 cm³/mol. The zero-order chi connectivity index (χ0) is 13.2. The fraction of sp³-hybridized carbons (Fsp3) is 0.438. The van der Waals surface area contributed by atoms with Gasteiger partial charge in [-0.2, -0.15) is 0 Å².